The molecule has 0 saturated heterocycles. The minimum Gasteiger partial charge on any atom is -0.466 e. The lowest BCUT2D eigenvalue weighted by atomic mass is 10.4. The summed E-state index contributed by atoms with van der Waals surface area (Å²) in [5.74, 6) is -0.332. The smallest absolute Gasteiger partial charge is 0.307 e. The average Bonchev–Trinajstić information content (AvgIpc) is 1.89. The molecule has 4 nitrogen and oxygen atoms in total. The third-order valence-electron chi connectivity index (χ3n) is 0.798. The molecule has 0 saturated carbocycles. The van der Waals surface area contributed by atoms with Gasteiger partial charge in [-0.25, -0.2) is 9.79 Å². The molecule has 0 aliphatic rings. The van der Waals surface area contributed by atoms with E-state index in [4.69, 9.17) is 0 Å². The van der Waals surface area contributed by atoms with Crippen LogP contribution in [0.2, 0.25) is 0 Å². The molecule has 0 aromatic rings. The maximum atomic E-state index is 10.5. The van der Waals surface area contributed by atoms with Gasteiger partial charge in [-0.05, 0) is 6.92 Å². The minimum atomic E-state index is -0.332. The predicted octanol–water partition coefficient (Wildman–Crippen LogP) is 0.697. The third-order valence-corrected chi connectivity index (χ3v) is 0.798. The topological polar surface area (TPSA) is 55.7 Å². The van der Waals surface area contributed by atoms with Crippen LogP contribution in [0.4, 0.5) is 0 Å². The van der Waals surface area contributed by atoms with Crippen LogP contribution in [0.1, 0.15) is 13.3 Å². The highest BCUT2D eigenvalue weighted by Gasteiger charge is 1.97. The van der Waals surface area contributed by atoms with Crippen LogP contribution in [0.5, 0.6) is 0 Å². The van der Waals surface area contributed by atoms with Gasteiger partial charge in [-0.15, -0.1) is 12.4 Å². The van der Waals surface area contributed by atoms with Gasteiger partial charge in [-0.1, -0.05) is 0 Å². The second-order valence-corrected chi connectivity index (χ2v) is 1.53. The number of isocyanates is 1. The average molecular weight is 180 g/mol. The van der Waals surface area contributed by atoms with Gasteiger partial charge in [0.15, 0.2) is 0 Å². The number of carbonyl (C=O) groups is 1. The number of rotatable bonds is 4. The lowest BCUT2D eigenvalue weighted by molar-refractivity contribution is -0.142. The Morgan fingerprint density at radius 1 is 1.64 bits per heavy atom. The van der Waals surface area contributed by atoms with E-state index in [0.717, 1.165) is 0 Å². The van der Waals surface area contributed by atoms with Crippen LogP contribution in [0, 0.1) is 0 Å². The van der Waals surface area contributed by atoms with Gasteiger partial charge >= 0.3 is 5.97 Å². The van der Waals surface area contributed by atoms with Crippen molar-refractivity contribution in [3.63, 3.8) is 0 Å². The fourth-order valence-corrected chi connectivity index (χ4v) is 0.426. The first-order chi connectivity index (χ1) is 4.81. The van der Waals surface area contributed by atoms with Gasteiger partial charge < -0.3 is 4.74 Å². The SMILES string of the molecule is CCOC(=O)CCN=C=O.Cl. The van der Waals surface area contributed by atoms with E-state index in [-0.39, 0.29) is 31.3 Å². The number of hydrogen-bond donors (Lipinski definition) is 0. The van der Waals surface area contributed by atoms with Crippen LogP contribution in [-0.2, 0) is 14.3 Å². The van der Waals surface area contributed by atoms with Gasteiger partial charge in [-0.3, -0.25) is 4.79 Å². The number of aliphatic imine (C=N–C) groups is 1. The van der Waals surface area contributed by atoms with Crippen molar-refractivity contribution in [2.24, 2.45) is 4.99 Å². The number of ether oxygens (including phenoxy) is 1. The Hall–Kier alpha value is -0.860. The second kappa shape index (κ2) is 9.14. The summed E-state index contributed by atoms with van der Waals surface area (Å²) in [7, 11) is 0. The standard InChI is InChI=1S/C6H9NO3.ClH/c1-2-10-6(9)3-4-7-5-8;/h2-4H2,1H3;1H. The highest BCUT2D eigenvalue weighted by Crippen LogP contribution is 1.85. The molecule has 0 heterocycles. The van der Waals surface area contributed by atoms with Gasteiger partial charge in [0.1, 0.15) is 0 Å². The normalized spacial score (nSPS) is 7.36. The van der Waals surface area contributed by atoms with E-state index in [1.54, 1.807) is 6.92 Å². The fraction of sp³-hybridized carbons (Fsp3) is 0.667. The largest absolute Gasteiger partial charge is 0.466 e. The van der Waals surface area contributed by atoms with Crippen molar-refractivity contribution in [2.45, 2.75) is 13.3 Å². The zero-order valence-corrected chi connectivity index (χ0v) is 7.02. The first-order valence-corrected chi connectivity index (χ1v) is 3.00. The molecule has 0 radical (unpaired) electrons. The highest BCUT2D eigenvalue weighted by molar-refractivity contribution is 5.85. The summed E-state index contributed by atoms with van der Waals surface area (Å²) in [5, 5.41) is 0. The van der Waals surface area contributed by atoms with E-state index in [0.29, 0.717) is 6.61 Å². The molecule has 0 aliphatic carbocycles. The van der Waals surface area contributed by atoms with Crippen molar-refractivity contribution in [1.82, 2.24) is 0 Å². The zero-order valence-electron chi connectivity index (χ0n) is 6.20. The number of hydrogen-bond acceptors (Lipinski definition) is 4. The highest BCUT2D eigenvalue weighted by atomic mass is 35.5. The molecule has 64 valence electrons. The molecular weight excluding hydrogens is 170 g/mol. The Kier molecular flexibility index (Phi) is 10.6. The fourth-order valence-electron chi connectivity index (χ4n) is 0.426. The Morgan fingerprint density at radius 2 is 2.27 bits per heavy atom. The molecule has 0 N–H and O–H groups in total. The van der Waals surface area contributed by atoms with Gasteiger partial charge in [0.2, 0.25) is 6.08 Å². The summed E-state index contributed by atoms with van der Waals surface area (Å²) in [5.41, 5.74) is 0. The maximum Gasteiger partial charge on any atom is 0.307 e. The number of esters is 1. The molecule has 0 amide bonds. The van der Waals surface area contributed by atoms with Crippen molar-refractivity contribution in [2.75, 3.05) is 13.2 Å². The number of nitrogens with zero attached hydrogens (tertiary/aromatic N) is 1. The molecule has 0 aromatic heterocycles. The summed E-state index contributed by atoms with van der Waals surface area (Å²) < 4.78 is 4.56. The van der Waals surface area contributed by atoms with Crippen LogP contribution in [0.3, 0.4) is 0 Å². The maximum absolute atomic E-state index is 10.5. The van der Waals surface area contributed by atoms with E-state index in [1.807, 2.05) is 0 Å². The Balaban J connectivity index is 0. The molecule has 0 aliphatic heterocycles. The summed E-state index contributed by atoms with van der Waals surface area (Å²) in [6.45, 7) is 2.26. The van der Waals surface area contributed by atoms with Gasteiger partial charge in [-0.2, -0.15) is 0 Å². The zero-order chi connectivity index (χ0) is 7.82. The van der Waals surface area contributed by atoms with Crippen LogP contribution >= 0.6 is 12.4 Å². The monoisotopic (exact) mass is 179 g/mol. The van der Waals surface area contributed by atoms with Gasteiger partial charge in [0.25, 0.3) is 0 Å². The van der Waals surface area contributed by atoms with Crippen molar-refractivity contribution in [3.05, 3.63) is 0 Å². The first kappa shape index (κ1) is 12.8. The van der Waals surface area contributed by atoms with E-state index < -0.39 is 0 Å². The van der Waals surface area contributed by atoms with Crippen LogP contribution < -0.4 is 0 Å². The summed E-state index contributed by atoms with van der Waals surface area (Å²) in [4.78, 5) is 23.2. The molecule has 0 fully saturated rings. The molecule has 11 heavy (non-hydrogen) atoms. The number of carbonyl (C=O) groups excluding carboxylic acids is 2. The van der Waals surface area contributed by atoms with Gasteiger partial charge in [0.05, 0.1) is 19.6 Å². The molecule has 0 rings (SSSR count). The molecule has 0 spiro atoms. The second-order valence-electron chi connectivity index (χ2n) is 1.53. The van der Waals surface area contributed by atoms with Gasteiger partial charge in [0, 0.05) is 0 Å². The van der Waals surface area contributed by atoms with E-state index in [9.17, 15) is 9.59 Å². The van der Waals surface area contributed by atoms with Crippen LogP contribution in [0.25, 0.3) is 0 Å². The van der Waals surface area contributed by atoms with E-state index in [2.05, 4.69) is 9.73 Å². The summed E-state index contributed by atoms with van der Waals surface area (Å²) in [6.07, 6.45) is 1.49. The van der Waals surface area contributed by atoms with Crippen molar-refractivity contribution < 1.29 is 14.3 Å². The third kappa shape index (κ3) is 9.14. The van der Waals surface area contributed by atoms with Crippen LogP contribution in [-0.4, -0.2) is 25.2 Å². The van der Waals surface area contributed by atoms with Crippen molar-refractivity contribution >= 4 is 24.5 Å². The lowest BCUT2D eigenvalue weighted by Crippen LogP contribution is -2.04. The summed E-state index contributed by atoms with van der Waals surface area (Å²) >= 11 is 0. The summed E-state index contributed by atoms with van der Waals surface area (Å²) in [6, 6.07) is 0. The predicted molar refractivity (Wildman–Crippen MR) is 41.5 cm³/mol. The quantitative estimate of drug-likeness (QED) is 0.363. The Bertz CT molecular complexity index is 154. The molecule has 0 aromatic carbocycles. The molecule has 0 atom stereocenters. The van der Waals surface area contributed by atoms with Crippen molar-refractivity contribution in [3.8, 4) is 0 Å². The molecule has 0 unspecified atom stereocenters. The first-order valence-electron chi connectivity index (χ1n) is 3.00. The van der Waals surface area contributed by atoms with E-state index >= 15 is 0 Å². The van der Waals surface area contributed by atoms with Crippen molar-refractivity contribution in [1.29, 1.82) is 0 Å². The Morgan fingerprint density at radius 3 is 2.73 bits per heavy atom. The molecule has 5 heteroatoms. The van der Waals surface area contributed by atoms with E-state index in [1.165, 1.54) is 6.08 Å². The van der Waals surface area contributed by atoms with Crippen LogP contribution in [0.15, 0.2) is 4.99 Å². The molecular formula is C6H10ClNO3. The number of halogens is 1. The lowest BCUT2D eigenvalue weighted by Gasteiger charge is -1.96. The minimum absolute atomic E-state index is 0. The Labute approximate surface area is 71.0 Å². The molecule has 0 bridgehead atoms.